The molecule has 3 nitrogen and oxygen atoms in total. The smallest absolute Gasteiger partial charge is 0.0465 e. The van der Waals surface area contributed by atoms with Gasteiger partial charge in [0.25, 0.3) is 0 Å². The Balaban J connectivity index is 0. The first-order chi connectivity index (χ1) is 6.33. The van der Waals surface area contributed by atoms with Gasteiger partial charge < -0.3 is 10.2 Å². The van der Waals surface area contributed by atoms with E-state index in [1.54, 1.807) is 0 Å². The van der Waals surface area contributed by atoms with Gasteiger partial charge in [-0.15, -0.1) is 0 Å². The zero-order valence-corrected chi connectivity index (χ0v) is 9.01. The third-order valence-corrected chi connectivity index (χ3v) is 1.40. The second-order valence-corrected chi connectivity index (χ2v) is 2.69. The summed E-state index contributed by atoms with van der Waals surface area (Å²) in [4.78, 5) is 0. The van der Waals surface area contributed by atoms with Crippen molar-refractivity contribution < 1.29 is 4.74 Å². The molecule has 0 atom stereocenters. The number of hydrogen-bond donors (Lipinski definition) is 2. The summed E-state index contributed by atoms with van der Waals surface area (Å²) in [6.07, 6.45) is 6.31. The molecule has 0 unspecified atom stereocenters. The van der Waals surface area contributed by atoms with Gasteiger partial charge in [0.05, 0.1) is 0 Å². The molecule has 0 fully saturated rings. The van der Waals surface area contributed by atoms with Crippen LogP contribution in [-0.2, 0) is 4.74 Å². The van der Waals surface area contributed by atoms with E-state index in [2.05, 4.69) is 31.7 Å². The lowest BCUT2D eigenvalue weighted by molar-refractivity contribution is 0.128. The van der Waals surface area contributed by atoms with Crippen LogP contribution in [0.3, 0.4) is 0 Å². The Morgan fingerprint density at radius 3 is 1.85 bits per heavy atom. The van der Waals surface area contributed by atoms with Crippen LogP contribution in [0.2, 0.25) is 0 Å². The summed E-state index contributed by atoms with van der Waals surface area (Å²) < 4.78 is 5.31. The van der Waals surface area contributed by atoms with E-state index >= 15 is 0 Å². The molecule has 0 rings (SSSR count). The van der Waals surface area contributed by atoms with Gasteiger partial charge in [0.2, 0.25) is 0 Å². The molecule has 0 aliphatic carbocycles. The fraction of sp³-hybridized carbons (Fsp3) is 0.800. The van der Waals surface area contributed by atoms with Crippen molar-refractivity contribution in [3.05, 3.63) is 12.8 Å². The van der Waals surface area contributed by atoms with Crippen LogP contribution in [0.1, 0.15) is 39.5 Å². The molecule has 0 aliphatic rings. The summed E-state index contributed by atoms with van der Waals surface area (Å²) in [6, 6.07) is 0. The number of hydrazine groups is 1. The highest BCUT2D eigenvalue weighted by Gasteiger charge is 1.84. The third kappa shape index (κ3) is 24.6. The lowest BCUT2D eigenvalue weighted by Gasteiger charge is -1.99. The lowest BCUT2D eigenvalue weighted by Crippen LogP contribution is -2.11. The molecule has 0 radical (unpaired) electrons. The maximum absolute atomic E-state index is 5.31. The predicted octanol–water partition coefficient (Wildman–Crippen LogP) is 2.20. The van der Waals surface area contributed by atoms with Gasteiger partial charge in [-0.05, 0) is 12.8 Å². The molecule has 80 valence electrons. The molecule has 0 amide bonds. The molecule has 13 heavy (non-hydrogen) atoms. The minimum Gasteiger partial charge on any atom is -0.381 e. The zero-order valence-electron chi connectivity index (χ0n) is 9.01. The van der Waals surface area contributed by atoms with Crippen molar-refractivity contribution >= 4 is 0 Å². The Morgan fingerprint density at radius 2 is 1.62 bits per heavy atom. The fourth-order valence-electron chi connectivity index (χ4n) is 0.595. The molecule has 0 bridgehead atoms. The van der Waals surface area contributed by atoms with Crippen molar-refractivity contribution in [1.29, 1.82) is 0 Å². The van der Waals surface area contributed by atoms with Crippen LogP contribution in [0.5, 0.6) is 0 Å². The molecule has 0 spiro atoms. The van der Waals surface area contributed by atoms with Gasteiger partial charge >= 0.3 is 0 Å². The Hall–Kier alpha value is -0.540. The van der Waals surface area contributed by atoms with E-state index in [-0.39, 0.29) is 0 Å². The van der Waals surface area contributed by atoms with Crippen LogP contribution in [0.15, 0.2) is 12.8 Å². The largest absolute Gasteiger partial charge is 0.381 e. The Labute approximate surface area is 82.3 Å². The highest BCUT2D eigenvalue weighted by molar-refractivity contribution is 4.53. The van der Waals surface area contributed by atoms with E-state index in [0.717, 1.165) is 13.2 Å². The van der Waals surface area contributed by atoms with Crippen LogP contribution < -0.4 is 11.3 Å². The van der Waals surface area contributed by atoms with Gasteiger partial charge in [0.1, 0.15) is 0 Å². The maximum Gasteiger partial charge on any atom is 0.0465 e. The monoisotopic (exact) mass is 188 g/mol. The average molecular weight is 188 g/mol. The number of nitrogens with one attached hydrogen (secondary N) is 1. The van der Waals surface area contributed by atoms with E-state index in [1.165, 1.54) is 31.9 Å². The standard InChI is InChI=1S/C8H18O.C2H6N2/c1-3-5-7-9-8-6-4-2;1-2-4-3/h3-8H2,1-2H3;2,4H,1,3H2. The van der Waals surface area contributed by atoms with E-state index < -0.39 is 0 Å². The molecule has 0 saturated heterocycles. The van der Waals surface area contributed by atoms with E-state index in [9.17, 15) is 0 Å². The molecular weight excluding hydrogens is 164 g/mol. The van der Waals surface area contributed by atoms with Gasteiger partial charge in [0.15, 0.2) is 0 Å². The van der Waals surface area contributed by atoms with Gasteiger partial charge in [-0.25, -0.2) is 0 Å². The van der Waals surface area contributed by atoms with Crippen LogP contribution in [0.4, 0.5) is 0 Å². The molecule has 0 aromatic carbocycles. The normalized spacial score (nSPS) is 8.54. The molecule has 3 N–H and O–H groups in total. The molecule has 0 aliphatic heterocycles. The highest BCUT2D eigenvalue weighted by atomic mass is 16.5. The second-order valence-electron chi connectivity index (χ2n) is 2.69. The number of hydrogen-bond acceptors (Lipinski definition) is 3. The van der Waals surface area contributed by atoms with E-state index in [4.69, 9.17) is 4.74 Å². The Bertz CT molecular complexity index is 81.0. The Morgan fingerprint density at radius 1 is 1.23 bits per heavy atom. The van der Waals surface area contributed by atoms with Crippen molar-refractivity contribution in [2.24, 2.45) is 5.84 Å². The van der Waals surface area contributed by atoms with Gasteiger partial charge in [-0.3, -0.25) is 5.84 Å². The van der Waals surface area contributed by atoms with Gasteiger partial charge in [0, 0.05) is 19.4 Å². The van der Waals surface area contributed by atoms with E-state index in [0.29, 0.717) is 0 Å². The fourth-order valence-corrected chi connectivity index (χ4v) is 0.595. The van der Waals surface area contributed by atoms with Crippen molar-refractivity contribution in [2.45, 2.75) is 39.5 Å². The topological polar surface area (TPSA) is 47.3 Å². The zero-order chi connectivity index (χ0) is 10.4. The van der Waals surface area contributed by atoms with Crippen molar-refractivity contribution in [3.8, 4) is 0 Å². The van der Waals surface area contributed by atoms with Gasteiger partial charge in [-0.2, -0.15) is 0 Å². The summed E-state index contributed by atoms with van der Waals surface area (Å²) in [5, 5.41) is 0. The number of nitrogens with two attached hydrogens (primary N) is 1. The first kappa shape index (κ1) is 15.0. The SMILES string of the molecule is C=CNN.CCCCOCCCC. The second kappa shape index (κ2) is 17.5. The molecule has 0 aromatic rings. The van der Waals surface area contributed by atoms with Crippen molar-refractivity contribution in [2.75, 3.05) is 13.2 Å². The van der Waals surface area contributed by atoms with Gasteiger partial charge in [-0.1, -0.05) is 33.3 Å². The number of ether oxygens (including phenoxy) is 1. The van der Waals surface area contributed by atoms with Crippen molar-refractivity contribution in [1.82, 2.24) is 5.43 Å². The summed E-state index contributed by atoms with van der Waals surface area (Å²) in [5.41, 5.74) is 2.19. The van der Waals surface area contributed by atoms with E-state index in [1.807, 2.05) is 0 Å². The summed E-state index contributed by atoms with van der Waals surface area (Å²) in [5.74, 6) is 4.66. The molecule has 0 aromatic heterocycles. The molecule has 0 saturated carbocycles. The minimum atomic E-state index is 0.955. The van der Waals surface area contributed by atoms with Crippen molar-refractivity contribution in [3.63, 3.8) is 0 Å². The summed E-state index contributed by atoms with van der Waals surface area (Å²) >= 11 is 0. The lowest BCUT2D eigenvalue weighted by atomic mass is 10.3. The quantitative estimate of drug-likeness (QED) is 0.366. The number of unbranched alkanes of at least 4 members (excludes halogenated alkanes) is 2. The maximum atomic E-state index is 5.31. The third-order valence-electron chi connectivity index (χ3n) is 1.40. The molecule has 0 heterocycles. The first-order valence-electron chi connectivity index (χ1n) is 4.98. The van der Waals surface area contributed by atoms with Crippen LogP contribution >= 0.6 is 0 Å². The minimum absolute atomic E-state index is 0.955. The summed E-state index contributed by atoms with van der Waals surface area (Å²) in [6.45, 7) is 9.52. The molecule has 3 heteroatoms. The van der Waals surface area contributed by atoms with Crippen LogP contribution in [-0.4, -0.2) is 13.2 Å². The van der Waals surface area contributed by atoms with Crippen LogP contribution in [0.25, 0.3) is 0 Å². The number of rotatable bonds is 7. The highest BCUT2D eigenvalue weighted by Crippen LogP contribution is 1.91. The van der Waals surface area contributed by atoms with Crippen LogP contribution in [0, 0.1) is 0 Å². The summed E-state index contributed by atoms with van der Waals surface area (Å²) in [7, 11) is 0. The molecular formula is C10H24N2O. The Kier molecular flexibility index (Phi) is 20.2. The first-order valence-corrected chi connectivity index (χ1v) is 4.98. The predicted molar refractivity (Wildman–Crippen MR) is 58.2 cm³/mol. The average Bonchev–Trinajstić information content (AvgIpc) is 2.18.